The van der Waals surface area contributed by atoms with Gasteiger partial charge in [-0.05, 0) is 36.4 Å². The van der Waals surface area contributed by atoms with Crippen LogP contribution in [-0.2, 0) is 0 Å². The lowest BCUT2D eigenvalue weighted by atomic mass is 10.2. The van der Waals surface area contributed by atoms with Crippen LogP contribution in [0.3, 0.4) is 0 Å². The van der Waals surface area contributed by atoms with Crippen LogP contribution in [0, 0.1) is 11.3 Å². The summed E-state index contributed by atoms with van der Waals surface area (Å²) in [6, 6.07) is 13.8. The highest BCUT2D eigenvalue weighted by atomic mass is 35.5. The number of aromatic nitrogens is 3. The Balaban J connectivity index is 1.90. The maximum atomic E-state index is 9.15. The number of nitriles is 1. The van der Waals surface area contributed by atoms with E-state index in [1.54, 1.807) is 42.5 Å². The molecule has 8 nitrogen and oxygen atoms in total. The average molecular weight is 388 g/mol. The van der Waals surface area contributed by atoms with E-state index in [1.807, 2.05) is 11.5 Å². The molecule has 0 radical (unpaired) electrons. The van der Waals surface area contributed by atoms with Crippen molar-refractivity contribution in [2.24, 2.45) is 0 Å². The highest BCUT2D eigenvalue weighted by molar-refractivity contribution is 6.39. The SMILES string of the molecule is N#Cc1ccc(Nc2nc(NO)nc(Nc3c(Cl)cccc3Cl)n2)cc1. The van der Waals surface area contributed by atoms with E-state index in [2.05, 4.69) is 25.6 Å². The lowest BCUT2D eigenvalue weighted by Crippen LogP contribution is -2.07. The van der Waals surface area contributed by atoms with E-state index in [1.165, 1.54) is 0 Å². The van der Waals surface area contributed by atoms with Gasteiger partial charge in [-0.3, -0.25) is 5.21 Å². The molecule has 0 aliphatic rings. The van der Waals surface area contributed by atoms with Gasteiger partial charge in [0.05, 0.1) is 27.4 Å². The van der Waals surface area contributed by atoms with E-state index >= 15 is 0 Å². The molecule has 1 heterocycles. The van der Waals surface area contributed by atoms with Gasteiger partial charge in [0.15, 0.2) is 0 Å². The van der Waals surface area contributed by atoms with Crippen LogP contribution < -0.4 is 16.1 Å². The van der Waals surface area contributed by atoms with Gasteiger partial charge in [0.1, 0.15) is 0 Å². The number of para-hydroxylation sites is 1. The number of hydrogen-bond acceptors (Lipinski definition) is 8. The topological polar surface area (TPSA) is 119 Å². The predicted octanol–water partition coefficient (Wildman–Crippen LogP) is 4.34. The van der Waals surface area contributed by atoms with Crippen molar-refractivity contribution in [1.29, 1.82) is 5.26 Å². The molecule has 0 aliphatic heterocycles. The fraction of sp³-hybridized carbons (Fsp3) is 0. The maximum absolute atomic E-state index is 9.15. The van der Waals surface area contributed by atoms with Crippen LogP contribution in [0.2, 0.25) is 10.0 Å². The quantitative estimate of drug-likeness (QED) is 0.477. The lowest BCUT2D eigenvalue weighted by Gasteiger charge is -2.11. The first-order chi connectivity index (χ1) is 12.6. The molecule has 0 unspecified atom stereocenters. The van der Waals surface area contributed by atoms with Gasteiger partial charge in [-0.1, -0.05) is 29.3 Å². The third kappa shape index (κ3) is 4.10. The van der Waals surface area contributed by atoms with Crippen LogP contribution in [0.5, 0.6) is 0 Å². The summed E-state index contributed by atoms with van der Waals surface area (Å²) in [5.41, 5.74) is 3.48. The Kier molecular flexibility index (Phi) is 5.34. The Hall–Kier alpha value is -3.12. The zero-order valence-electron chi connectivity index (χ0n) is 13.0. The first-order valence-electron chi connectivity index (χ1n) is 7.23. The molecule has 0 bridgehead atoms. The second kappa shape index (κ2) is 7.84. The van der Waals surface area contributed by atoms with Gasteiger partial charge in [0.25, 0.3) is 5.95 Å². The van der Waals surface area contributed by atoms with E-state index < -0.39 is 0 Å². The molecule has 2 aromatic carbocycles. The molecule has 0 saturated carbocycles. The number of anilines is 5. The molecule has 26 heavy (non-hydrogen) atoms. The van der Waals surface area contributed by atoms with Crippen molar-refractivity contribution < 1.29 is 5.21 Å². The first kappa shape index (κ1) is 17.7. The molecule has 0 atom stereocenters. The van der Waals surface area contributed by atoms with E-state index in [0.717, 1.165) is 0 Å². The summed E-state index contributed by atoms with van der Waals surface area (Å²) >= 11 is 12.3. The molecule has 4 N–H and O–H groups in total. The van der Waals surface area contributed by atoms with E-state index in [-0.39, 0.29) is 17.8 Å². The molecule has 130 valence electrons. The van der Waals surface area contributed by atoms with Crippen LogP contribution in [0.15, 0.2) is 42.5 Å². The monoisotopic (exact) mass is 387 g/mol. The van der Waals surface area contributed by atoms with Crippen LogP contribution in [0.25, 0.3) is 0 Å². The third-order valence-electron chi connectivity index (χ3n) is 3.21. The lowest BCUT2D eigenvalue weighted by molar-refractivity contribution is 0.382. The number of benzene rings is 2. The van der Waals surface area contributed by atoms with Gasteiger partial charge in [-0.2, -0.15) is 20.2 Å². The number of rotatable bonds is 5. The van der Waals surface area contributed by atoms with Crippen molar-refractivity contribution in [3.8, 4) is 6.07 Å². The van der Waals surface area contributed by atoms with Gasteiger partial charge in [-0.25, -0.2) is 5.48 Å². The van der Waals surface area contributed by atoms with Crippen molar-refractivity contribution in [2.75, 3.05) is 16.1 Å². The fourth-order valence-corrected chi connectivity index (χ4v) is 2.52. The minimum absolute atomic E-state index is 0.0816. The Morgan fingerprint density at radius 1 is 0.846 bits per heavy atom. The normalized spacial score (nSPS) is 10.1. The van der Waals surface area contributed by atoms with Crippen molar-refractivity contribution in [3.05, 3.63) is 58.1 Å². The van der Waals surface area contributed by atoms with Gasteiger partial charge in [-0.15, -0.1) is 0 Å². The molecule has 3 rings (SSSR count). The smallest absolute Gasteiger partial charge is 0.253 e. The summed E-state index contributed by atoms with van der Waals surface area (Å²) in [5.74, 6) is 0.191. The van der Waals surface area contributed by atoms with Crippen LogP contribution in [0.1, 0.15) is 5.56 Å². The Morgan fingerprint density at radius 2 is 1.42 bits per heavy atom. The zero-order valence-corrected chi connectivity index (χ0v) is 14.5. The van der Waals surface area contributed by atoms with Crippen molar-refractivity contribution in [1.82, 2.24) is 15.0 Å². The Bertz CT molecular complexity index is 953. The number of nitrogens with one attached hydrogen (secondary N) is 3. The summed E-state index contributed by atoms with van der Waals surface area (Å²) in [4.78, 5) is 12.2. The van der Waals surface area contributed by atoms with Crippen LogP contribution in [-0.4, -0.2) is 20.2 Å². The molecular formula is C16H11Cl2N7O. The average Bonchev–Trinajstić information content (AvgIpc) is 2.65. The fourth-order valence-electron chi connectivity index (χ4n) is 2.02. The summed E-state index contributed by atoms with van der Waals surface area (Å²) < 4.78 is 0. The van der Waals surface area contributed by atoms with Gasteiger partial charge >= 0.3 is 0 Å². The molecule has 0 amide bonds. The van der Waals surface area contributed by atoms with E-state index in [0.29, 0.717) is 27.0 Å². The molecule has 1 aromatic heterocycles. The molecule has 0 fully saturated rings. The Labute approximate surface area is 158 Å². The van der Waals surface area contributed by atoms with Crippen molar-refractivity contribution >= 4 is 52.4 Å². The molecular weight excluding hydrogens is 377 g/mol. The molecule has 3 aromatic rings. The van der Waals surface area contributed by atoms with Crippen molar-refractivity contribution in [3.63, 3.8) is 0 Å². The number of hydrogen-bond donors (Lipinski definition) is 4. The molecule has 0 spiro atoms. The van der Waals surface area contributed by atoms with E-state index in [9.17, 15) is 0 Å². The Morgan fingerprint density at radius 3 is 2.00 bits per heavy atom. The largest absolute Gasteiger partial charge is 0.324 e. The van der Waals surface area contributed by atoms with Gasteiger partial charge in [0, 0.05) is 5.69 Å². The minimum Gasteiger partial charge on any atom is -0.324 e. The standard InChI is InChI=1S/C16H11Cl2N7O/c17-11-2-1-3-12(18)13(11)21-15-22-14(23-16(24-15)25-26)20-10-6-4-9(8-19)5-7-10/h1-7,26H,(H3,20,21,22,23,24,25). The van der Waals surface area contributed by atoms with E-state index in [4.69, 9.17) is 33.7 Å². The maximum Gasteiger partial charge on any atom is 0.253 e. The van der Waals surface area contributed by atoms with Crippen LogP contribution in [0.4, 0.5) is 29.2 Å². The summed E-state index contributed by atoms with van der Waals surface area (Å²) in [7, 11) is 0. The molecule has 0 saturated heterocycles. The zero-order chi connectivity index (χ0) is 18.5. The predicted molar refractivity (Wildman–Crippen MR) is 99.4 cm³/mol. The molecule has 10 heteroatoms. The van der Waals surface area contributed by atoms with Crippen molar-refractivity contribution in [2.45, 2.75) is 0 Å². The minimum atomic E-state index is -0.0816. The second-order valence-corrected chi connectivity index (χ2v) is 5.77. The highest BCUT2D eigenvalue weighted by Gasteiger charge is 2.11. The second-order valence-electron chi connectivity index (χ2n) is 4.95. The highest BCUT2D eigenvalue weighted by Crippen LogP contribution is 2.32. The third-order valence-corrected chi connectivity index (χ3v) is 3.84. The summed E-state index contributed by atoms with van der Waals surface area (Å²) in [6.07, 6.45) is 0. The number of halogens is 2. The summed E-state index contributed by atoms with van der Waals surface area (Å²) in [5, 5.41) is 24.6. The number of nitrogens with zero attached hydrogens (tertiary/aromatic N) is 4. The summed E-state index contributed by atoms with van der Waals surface area (Å²) in [6.45, 7) is 0. The van der Waals surface area contributed by atoms with Crippen LogP contribution >= 0.6 is 23.2 Å². The van der Waals surface area contributed by atoms with Gasteiger partial charge in [0.2, 0.25) is 11.9 Å². The first-order valence-corrected chi connectivity index (χ1v) is 7.99. The van der Waals surface area contributed by atoms with Gasteiger partial charge < -0.3 is 10.6 Å². The molecule has 0 aliphatic carbocycles.